The minimum absolute atomic E-state index is 0.0887. The van der Waals surface area contributed by atoms with E-state index in [1.807, 2.05) is 12.2 Å². The van der Waals surface area contributed by atoms with Crippen LogP contribution in [0.2, 0.25) is 0 Å². The second-order valence-corrected chi connectivity index (χ2v) is 10.0. The van der Waals surface area contributed by atoms with Gasteiger partial charge in [-0.15, -0.1) is 0 Å². The van der Waals surface area contributed by atoms with Gasteiger partial charge in [-0.3, -0.25) is 0 Å². The summed E-state index contributed by atoms with van der Waals surface area (Å²) in [5.41, 5.74) is 3.55. The van der Waals surface area contributed by atoms with Crippen LogP contribution < -0.4 is 0 Å². The Morgan fingerprint density at radius 2 is 1.97 bits per heavy atom. The maximum Gasteiger partial charge on any atom is 0.188 e. The number of hydrogen-bond donors (Lipinski definition) is 2. The van der Waals surface area contributed by atoms with Crippen molar-refractivity contribution in [2.24, 2.45) is 0 Å². The average Bonchev–Trinajstić information content (AvgIpc) is 3.06. The van der Waals surface area contributed by atoms with E-state index in [9.17, 15) is 10.2 Å². The van der Waals surface area contributed by atoms with Crippen molar-refractivity contribution in [3.63, 3.8) is 0 Å². The van der Waals surface area contributed by atoms with Crippen LogP contribution in [0.25, 0.3) is 0 Å². The van der Waals surface area contributed by atoms with Crippen molar-refractivity contribution in [1.29, 1.82) is 0 Å². The van der Waals surface area contributed by atoms with E-state index in [0.717, 1.165) is 48.5 Å². The molecule has 1 fully saturated rings. The van der Waals surface area contributed by atoms with Crippen LogP contribution in [0.5, 0.6) is 0 Å². The number of rotatable bonds is 13. The van der Waals surface area contributed by atoms with Crippen molar-refractivity contribution < 1.29 is 29.2 Å². The zero-order valence-corrected chi connectivity index (χ0v) is 23.5. The van der Waals surface area contributed by atoms with Gasteiger partial charge in [0.25, 0.3) is 0 Å². The molecule has 0 amide bonds. The molecule has 36 heavy (non-hydrogen) atoms. The minimum Gasteiger partial charge on any atom is -0.501 e. The van der Waals surface area contributed by atoms with Gasteiger partial charge in [-0.2, -0.15) is 0 Å². The highest BCUT2D eigenvalue weighted by Crippen LogP contribution is 2.33. The Bertz CT molecular complexity index is 848. The lowest BCUT2D eigenvalue weighted by Gasteiger charge is -2.38. The number of ether oxygens (including phenoxy) is 4. The van der Waals surface area contributed by atoms with E-state index in [2.05, 4.69) is 32.1 Å². The molecule has 1 aliphatic carbocycles. The summed E-state index contributed by atoms with van der Waals surface area (Å²) in [7, 11) is 3.17. The van der Waals surface area contributed by atoms with Gasteiger partial charge in [-0.05, 0) is 62.8 Å². The number of aliphatic hydroxyl groups is 2. The van der Waals surface area contributed by atoms with Crippen LogP contribution in [-0.4, -0.2) is 61.2 Å². The van der Waals surface area contributed by atoms with Gasteiger partial charge in [-0.1, -0.05) is 49.2 Å². The van der Waals surface area contributed by atoms with E-state index in [0.29, 0.717) is 12.8 Å². The molecule has 1 aliphatic heterocycles. The molecule has 1 heterocycles. The maximum atomic E-state index is 10.4. The molecular weight excluding hydrogens is 480 g/mol. The monoisotopic (exact) mass is 524 g/mol. The Hall–Kier alpha value is -1.41. The van der Waals surface area contributed by atoms with E-state index in [1.54, 1.807) is 21.0 Å². The molecule has 1 saturated heterocycles. The number of hydrogen-bond acceptors (Lipinski definition) is 6. The molecule has 2 aliphatic rings. The summed E-state index contributed by atoms with van der Waals surface area (Å²) in [5, 5.41) is 21.0. The highest BCUT2D eigenvalue weighted by Gasteiger charge is 2.36. The standard InChI is InChI=1S/C29H45ClO6/c1-7-21(10-9-11-24(8-2)33-5)16-23-13-12-22(14-15-27(23)30)28-18-25(17-26(19-31)36-28)35-20(3)29(4,32)34-6/h10-12,14-15,20,25-26,28,31-32H,7-9,13,16-19H2,1-6H3/b21-10+,24-11+/t20?,25?,26?,28?,29-/m0/s1. The van der Waals surface area contributed by atoms with Crippen molar-refractivity contribution >= 4 is 11.6 Å². The lowest BCUT2D eigenvalue weighted by atomic mass is 9.94. The van der Waals surface area contributed by atoms with Crippen molar-refractivity contribution in [3.8, 4) is 0 Å². The quantitative estimate of drug-likeness (QED) is 0.172. The normalized spacial score (nSPS) is 26.4. The summed E-state index contributed by atoms with van der Waals surface area (Å²) >= 11 is 6.69. The van der Waals surface area contributed by atoms with Gasteiger partial charge in [0.05, 0.1) is 37.8 Å². The van der Waals surface area contributed by atoms with Gasteiger partial charge < -0.3 is 29.2 Å². The van der Waals surface area contributed by atoms with Crippen LogP contribution in [0.4, 0.5) is 0 Å². The molecule has 7 heteroatoms. The van der Waals surface area contributed by atoms with E-state index < -0.39 is 11.9 Å². The number of aliphatic hydroxyl groups excluding tert-OH is 1. The summed E-state index contributed by atoms with van der Waals surface area (Å²) < 4.78 is 22.8. The Morgan fingerprint density at radius 1 is 1.22 bits per heavy atom. The fourth-order valence-corrected chi connectivity index (χ4v) is 4.64. The van der Waals surface area contributed by atoms with Crippen LogP contribution in [0.3, 0.4) is 0 Å². The van der Waals surface area contributed by atoms with Gasteiger partial charge in [0.1, 0.15) is 6.10 Å². The Morgan fingerprint density at radius 3 is 2.58 bits per heavy atom. The van der Waals surface area contributed by atoms with Gasteiger partial charge in [0, 0.05) is 31.4 Å². The van der Waals surface area contributed by atoms with Gasteiger partial charge >= 0.3 is 0 Å². The molecule has 2 N–H and O–H groups in total. The highest BCUT2D eigenvalue weighted by atomic mass is 35.5. The first-order valence-corrected chi connectivity index (χ1v) is 13.4. The van der Waals surface area contributed by atoms with E-state index in [1.165, 1.54) is 18.3 Å². The molecular formula is C29H45ClO6. The third kappa shape index (κ3) is 9.16. The predicted octanol–water partition coefficient (Wildman–Crippen LogP) is 6.09. The molecule has 4 unspecified atom stereocenters. The molecule has 204 valence electrons. The number of halogens is 1. The second-order valence-electron chi connectivity index (χ2n) is 9.61. The molecule has 2 rings (SSSR count). The van der Waals surface area contributed by atoms with Crippen LogP contribution >= 0.6 is 11.6 Å². The van der Waals surface area contributed by atoms with Crippen molar-refractivity contribution in [3.05, 3.63) is 57.9 Å². The Labute approximate surface area is 222 Å². The highest BCUT2D eigenvalue weighted by molar-refractivity contribution is 6.31. The summed E-state index contributed by atoms with van der Waals surface area (Å²) in [6.07, 6.45) is 14.7. The van der Waals surface area contributed by atoms with Crippen LogP contribution in [0.1, 0.15) is 72.6 Å². The SMILES string of the molecule is CC/C(=C\C/C=C(\CC)OC)CC1=C(Cl)C=CC(C2CC(OC(C)[C@@](C)(O)OC)CC(CO)O2)=CC1. The molecule has 0 radical (unpaired) electrons. The molecule has 0 aromatic heterocycles. The first kappa shape index (κ1) is 30.8. The van der Waals surface area contributed by atoms with Crippen molar-refractivity contribution in [2.75, 3.05) is 20.8 Å². The minimum atomic E-state index is -1.39. The lowest BCUT2D eigenvalue weighted by molar-refractivity contribution is -0.256. The smallest absolute Gasteiger partial charge is 0.188 e. The first-order chi connectivity index (χ1) is 17.2. The molecule has 0 bridgehead atoms. The Balaban J connectivity index is 2.10. The third-order valence-corrected chi connectivity index (χ3v) is 7.49. The summed E-state index contributed by atoms with van der Waals surface area (Å²) in [6, 6.07) is 0. The van der Waals surface area contributed by atoms with Crippen LogP contribution in [0.15, 0.2) is 57.9 Å². The molecule has 0 saturated carbocycles. The molecule has 5 atom stereocenters. The zero-order valence-electron chi connectivity index (χ0n) is 22.8. The fraction of sp³-hybridized carbons (Fsp3) is 0.655. The van der Waals surface area contributed by atoms with Crippen molar-refractivity contribution in [1.82, 2.24) is 0 Å². The summed E-state index contributed by atoms with van der Waals surface area (Å²) in [5.74, 6) is -0.390. The number of methoxy groups -OCH3 is 2. The average molecular weight is 525 g/mol. The summed E-state index contributed by atoms with van der Waals surface area (Å²) in [6.45, 7) is 7.54. The Kier molecular flexibility index (Phi) is 12.9. The summed E-state index contributed by atoms with van der Waals surface area (Å²) in [4.78, 5) is 0. The molecule has 6 nitrogen and oxygen atoms in total. The number of allylic oxidation sites excluding steroid dienone is 8. The van der Waals surface area contributed by atoms with E-state index in [-0.39, 0.29) is 24.9 Å². The predicted molar refractivity (Wildman–Crippen MR) is 145 cm³/mol. The second kappa shape index (κ2) is 15.1. The zero-order chi connectivity index (χ0) is 26.7. The topological polar surface area (TPSA) is 77.4 Å². The van der Waals surface area contributed by atoms with E-state index in [4.69, 9.17) is 30.5 Å². The largest absolute Gasteiger partial charge is 0.501 e. The van der Waals surface area contributed by atoms with Crippen LogP contribution in [-0.2, 0) is 18.9 Å². The lowest BCUT2D eigenvalue weighted by Crippen LogP contribution is -2.46. The van der Waals surface area contributed by atoms with E-state index >= 15 is 0 Å². The fourth-order valence-electron chi connectivity index (χ4n) is 4.43. The molecule has 0 spiro atoms. The molecule has 0 aromatic carbocycles. The maximum absolute atomic E-state index is 10.4. The van der Waals surface area contributed by atoms with Gasteiger partial charge in [-0.25, -0.2) is 0 Å². The third-order valence-electron chi connectivity index (χ3n) is 7.10. The molecule has 0 aromatic rings. The van der Waals surface area contributed by atoms with Crippen LogP contribution in [0, 0.1) is 0 Å². The van der Waals surface area contributed by atoms with Gasteiger partial charge in [0.15, 0.2) is 5.79 Å². The first-order valence-electron chi connectivity index (χ1n) is 13.0. The van der Waals surface area contributed by atoms with Crippen molar-refractivity contribution in [2.45, 2.75) is 103 Å². The van der Waals surface area contributed by atoms with Gasteiger partial charge in [0.2, 0.25) is 0 Å².